The lowest BCUT2D eigenvalue weighted by molar-refractivity contribution is 0.206. The van der Waals surface area contributed by atoms with Crippen molar-refractivity contribution in [3.63, 3.8) is 0 Å². The molecule has 4 aromatic rings. The molecule has 8 heteroatoms. The van der Waals surface area contributed by atoms with Gasteiger partial charge in [0.1, 0.15) is 5.82 Å². The molecule has 2 aromatic carbocycles. The van der Waals surface area contributed by atoms with E-state index in [4.69, 9.17) is 4.52 Å². The van der Waals surface area contributed by atoms with Gasteiger partial charge in [0, 0.05) is 28.3 Å². The molecular weight excluding hydrogens is 492 g/mol. The molecule has 0 bridgehead atoms. The predicted molar refractivity (Wildman–Crippen MR) is 142 cm³/mol. The average molecular weight is 523 g/mol. The average Bonchev–Trinajstić information content (AvgIpc) is 3.43. The number of halogens is 3. The fourth-order valence-electron chi connectivity index (χ4n) is 4.66. The summed E-state index contributed by atoms with van der Waals surface area (Å²) < 4.78 is 18.7. The second kappa shape index (κ2) is 12.1. The Bertz CT molecular complexity index is 1190. The fraction of sp³-hybridized carbons (Fsp3) is 0.385. The molecule has 0 radical (unpaired) electrons. The molecule has 5 rings (SSSR count). The van der Waals surface area contributed by atoms with Gasteiger partial charge in [-0.2, -0.15) is 0 Å². The number of benzene rings is 2. The molecule has 0 atom stereocenters. The van der Waals surface area contributed by atoms with Crippen LogP contribution in [0.1, 0.15) is 47.9 Å². The van der Waals surface area contributed by atoms with E-state index < -0.39 is 0 Å². The molecule has 2 aromatic heterocycles. The minimum absolute atomic E-state index is 0. The summed E-state index contributed by atoms with van der Waals surface area (Å²) in [6.07, 6.45) is 5.69. The Morgan fingerprint density at radius 2 is 1.82 bits per heavy atom. The highest BCUT2D eigenvalue weighted by molar-refractivity contribution is 7.09. The molecule has 4 nitrogen and oxygen atoms in total. The minimum Gasteiger partial charge on any atom is -0.356 e. The standard InChI is InChI=1S/C26H28FN3OS.2ClH/c1-18-28-24(17-32-18)20-7-5-19(6-8-20)4-2-3-13-30-14-11-21(12-15-30)26-23-10-9-22(27)16-25(23)31-29-26;;/h5-10,16-17,21H,2-4,11-15H2,1H3;2*1H. The molecule has 0 amide bonds. The van der Waals surface area contributed by atoms with Crippen LogP contribution in [-0.4, -0.2) is 34.7 Å². The number of thiazole rings is 1. The summed E-state index contributed by atoms with van der Waals surface area (Å²) in [5.74, 6) is 0.124. The summed E-state index contributed by atoms with van der Waals surface area (Å²) in [6.45, 7) is 5.36. The van der Waals surface area contributed by atoms with E-state index in [1.807, 2.05) is 6.92 Å². The normalized spacial score (nSPS) is 14.6. The highest BCUT2D eigenvalue weighted by atomic mass is 35.5. The van der Waals surface area contributed by atoms with Gasteiger partial charge in [0.15, 0.2) is 5.58 Å². The van der Waals surface area contributed by atoms with Gasteiger partial charge in [-0.25, -0.2) is 9.37 Å². The number of fused-ring (bicyclic) bond motifs is 1. The number of hydrogen-bond acceptors (Lipinski definition) is 5. The fourth-order valence-corrected chi connectivity index (χ4v) is 5.28. The van der Waals surface area contributed by atoms with E-state index in [0.29, 0.717) is 11.5 Å². The second-order valence-corrected chi connectivity index (χ2v) is 9.79. The molecule has 0 unspecified atom stereocenters. The summed E-state index contributed by atoms with van der Waals surface area (Å²) in [5.41, 5.74) is 5.22. The second-order valence-electron chi connectivity index (χ2n) is 8.73. The first-order chi connectivity index (χ1) is 15.7. The molecule has 3 heterocycles. The van der Waals surface area contributed by atoms with Crippen LogP contribution in [0, 0.1) is 12.7 Å². The molecule has 0 spiro atoms. The van der Waals surface area contributed by atoms with Crippen LogP contribution in [0.5, 0.6) is 0 Å². The molecule has 0 N–H and O–H groups in total. The number of unbranched alkanes of at least 4 members (excludes halogenated alkanes) is 1. The van der Waals surface area contributed by atoms with Crippen molar-refractivity contribution >= 4 is 47.1 Å². The van der Waals surface area contributed by atoms with Crippen molar-refractivity contribution in [1.29, 1.82) is 0 Å². The maximum Gasteiger partial charge on any atom is 0.170 e. The monoisotopic (exact) mass is 521 g/mol. The molecule has 1 aliphatic rings. The van der Waals surface area contributed by atoms with Crippen LogP contribution in [0.25, 0.3) is 22.2 Å². The Labute approximate surface area is 216 Å². The van der Waals surface area contributed by atoms with E-state index in [1.54, 1.807) is 17.4 Å². The third-order valence-electron chi connectivity index (χ3n) is 6.49. The van der Waals surface area contributed by atoms with Crippen LogP contribution >= 0.6 is 36.2 Å². The van der Waals surface area contributed by atoms with Crippen molar-refractivity contribution < 1.29 is 8.91 Å². The lowest BCUT2D eigenvalue weighted by atomic mass is 9.91. The van der Waals surface area contributed by atoms with Crippen LogP contribution < -0.4 is 0 Å². The molecule has 182 valence electrons. The largest absolute Gasteiger partial charge is 0.356 e. The molecule has 0 saturated carbocycles. The van der Waals surface area contributed by atoms with Crippen LogP contribution in [0.2, 0.25) is 0 Å². The van der Waals surface area contributed by atoms with Gasteiger partial charge >= 0.3 is 0 Å². The maximum absolute atomic E-state index is 13.4. The molecule has 1 fully saturated rings. The van der Waals surface area contributed by atoms with Crippen LogP contribution in [0.3, 0.4) is 0 Å². The van der Waals surface area contributed by atoms with Crippen LogP contribution in [-0.2, 0) is 6.42 Å². The highest BCUT2D eigenvalue weighted by Gasteiger charge is 2.24. The molecular formula is C26H30Cl2FN3OS. The van der Waals surface area contributed by atoms with E-state index in [-0.39, 0.29) is 30.6 Å². The Balaban J connectivity index is 0.00000162. The third kappa shape index (κ3) is 6.16. The number of piperidine rings is 1. The van der Waals surface area contributed by atoms with Crippen LogP contribution in [0.15, 0.2) is 52.4 Å². The lowest BCUT2D eigenvalue weighted by Crippen LogP contribution is -2.33. The Kier molecular flexibility index (Phi) is 9.48. The zero-order valence-electron chi connectivity index (χ0n) is 19.2. The Morgan fingerprint density at radius 1 is 1.06 bits per heavy atom. The summed E-state index contributed by atoms with van der Waals surface area (Å²) in [7, 11) is 0. The predicted octanol–water partition coefficient (Wildman–Crippen LogP) is 7.44. The first kappa shape index (κ1) is 26.6. The minimum atomic E-state index is -0.277. The zero-order valence-corrected chi connectivity index (χ0v) is 21.7. The molecule has 1 aliphatic heterocycles. The smallest absolute Gasteiger partial charge is 0.170 e. The number of aryl methyl sites for hydroxylation is 2. The van der Waals surface area contributed by atoms with Crippen molar-refractivity contribution in [3.8, 4) is 11.3 Å². The number of likely N-dealkylation sites (tertiary alicyclic amines) is 1. The van der Waals surface area contributed by atoms with E-state index in [1.165, 1.54) is 36.1 Å². The quantitative estimate of drug-likeness (QED) is 0.237. The zero-order chi connectivity index (χ0) is 21.9. The summed E-state index contributed by atoms with van der Waals surface area (Å²) in [5, 5.41) is 8.45. The number of nitrogens with zero attached hydrogens (tertiary/aromatic N) is 3. The van der Waals surface area contributed by atoms with Gasteiger partial charge in [-0.05, 0) is 76.4 Å². The SMILES string of the molecule is Cc1nc(-c2ccc(CCCCN3CCC(c4noc5cc(F)ccc45)CC3)cc2)cs1.Cl.Cl. The van der Waals surface area contributed by atoms with Gasteiger partial charge in [0.25, 0.3) is 0 Å². The van der Waals surface area contributed by atoms with Crippen molar-refractivity contribution in [1.82, 2.24) is 15.0 Å². The van der Waals surface area contributed by atoms with Gasteiger partial charge in [-0.3, -0.25) is 0 Å². The molecule has 0 aliphatic carbocycles. The maximum atomic E-state index is 13.4. The third-order valence-corrected chi connectivity index (χ3v) is 7.27. The van der Waals surface area contributed by atoms with Crippen LogP contribution in [0.4, 0.5) is 4.39 Å². The number of rotatable bonds is 7. The first-order valence-electron chi connectivity index (χ1n) is 11.4. The van der Waals surface area contributed by atoms with E-state index in [9.17, 15) is 4.39 Å². The number of hydrogen-bond donors (Lipinski definition) is 0. The van der Waals surface area contributed by atoms with Gasteiger partial charge < -0.3 is 9.42 Å². The summed E-state index contributed by atoms with van der Waals surface area (Å²) in [6, 6.07) is 13.6. The van der Waals surface area contributed by atoms with E-state index in [0.717, 1.165) is 60.7 Å². The Hall–Kier alpha value is -1.99. The van der Waals surface area contributed by atoms with Crippen molar-refractivity contribution in [2.24, 2.45) is 0 Å². The van der Waals surface area contributed by atoms with Gasteiger partial charge in [-0.15, -0.1) is 36.2 Å². The molecule has 34 heavy (non-hydrogen) atoms. The number of aromatic nitrogens is 2. The van der Waals surface area contributed by atoms with E-state index >= 15 is 0 Å². The first-order valence-corrected chi connectivity index (χ1v) is 12.3. The van der Waals surface area contributed by atoms with Gasteiger partial charge in [-0.1, -0.05) is 29.4 Å². The van der Waals surface area contributed by atoms with Crippen molar-refractivity contribution in [2.75, 3.05) is 19.6 Å². The van der Waals surface area contributed by atoms with E-state index in [2.05, 4.69) is 44.7 Å². The summed E-state index contributed by atoms with van der Waals surface area (Å²) >= 11 is 1.70. The van der Waals surface area contributed by atoms with Gasteiger partial charge in [0.2, 0.25) is 0 Å². The summed E-state index contributed by atoms with van der Waals surface area (Å²) in [4.78, 5) is 7.13. The van der Waals surface area contributed by atoms with Crippen molar-refractivity contribution in [3.05, 3.63) is 69.9 Å². The highest BCUT2D eigenvalue weighted by Crippen LogP contribution is 2.33. The van der Waals surface area contributed by atoms with Crippen molar-refractivity contribution in [2.45, 2.75) is 44.9 Å². The topological polar surface area (TPSA) is 42.2 Å². The van der Waals surface area contributed by atoms with Gasteiger partial charge in [0.05, 0.1) is 16.4 Å². The molecule has 1 saturated heterocycles. The Morgan fingerprint density at radius 3 is 2.53 bits per heavy atom. The lowest BCUT2D eigenvalue weighted by Gasteiger charge is -2.31.